The van der Waals surface area contributed by atoms with Crippen molar-refractivity contribution in [2.75, 3.05) is 39.5 Å². The molecule has 0 aromatic heterocycles. The average molecular weight is 394 g/mol. The monoisotopic (exact) mass is 393 g/mol. The molecule has 8 heteroatoms. The van der Waals surface area contributed by atoms with Gasteiger partial charge in [0.1, 0.15) is 6.54 Å². The number of benzene rings is 1. The van der Waals surface area contributed by atoms with Crippen LogP contribution in [0.4, 0.5) is 0 Å². The lowest BCUT2D eigenvalue weighted by molar-refractivity contribution is -0.127. The Hall–Kier alpha value is -2.22. The predicted octanol–water partition coefficient (Wildman–Crippen LogP) is 1.32. The van der Waals surface area contributed by atoms with Gasteiger partial charge in [0.25, 0.3) is 0 Å². The summed E-state index contributed by atoms with van der Waals surface area (Å²) in [6.07, 6.45) is 0. The summed E-state index contributed by atoms with van der Waals surface area (Å²) in [5, 5.41) is 9.01. The number of carbonyl (C=O) groups is 2. The van der Waals surface area contributed by atoms with Crippen molar-refractivity contribution in [1.82, 2.24) is 20.9 Å². The molecule has 0 aliphatic carbocycles. The van der Waals surface area contributed by atoms with Crippen molar-refractivity contribution in [3.05, 3.63) is 30.3 Å². The van der Waals surface area contributed by atoms with Crippen LogP contribution in [0.25, 0.3) is 0 Å². The molecule has 0 atom stereocenters. The molecule has 7 nitrogen and oxygen atoms in total. The molecule has 0 heterocycles. The van der Waals surface area contributed by atoms with E-state index in [1.807, 2.05) is 39.0 Å². The van der Waals surface area contributed by atoms with Crippen molar-refractivity contribution in [2.45, 2.75) is 31.2 Å². The van der Waals surface area contributed by atoms with Crippen LogP contribution >= 0.6 is 11.8 Å². The van der Waals surface area contributed by atoms with Gasteiger partial charge in [-0.3, -0.25) is 9.59 Å². The van der Waals surface area contributed by atoms with Gasteiger partial charge in [-0.2, -0.15) is 0 Å². The number of nitrogens with zero attached hydrogens (tertiary/aromatic N) is 2. The molecule has 3 N–H and O–H groups in total. The molecule has 0 aliphatic rings. The van der Waals surface area contributed by atoms with Crippen LogP contribution in [-0.4, -0.2) is 67.7 Å². The second kappa shape index (κ2) is 11.5. The van der Waals surface area contributed by atoms with Gasteiger partial charge in [0.05, 0.1) is 6.54 Å². The first-order valence-corrected chi connectivity index (χ1v) is 9.87. The van der Waals surface area contributed by atoms with Gasteiger partial charge in [0.15, 0.2) is 5.96 Å². The third-order valence-corrected chi connectivity index (χ3v) is 4.22. The van der Waals surface area contributed by atoms with Crippen LogP contribution in [-0.2, 0) is 9.59 Å². The van der Waals surface area contributed by atoms with E-state index in [0.29, 0.717) is 12.5 Å². The minimum atomic E-state index is -0.305. The average Bonchev–Trinajstić information content (AvgIpc) is 2.59. The molecule has 0 fully saturated rings. The van der Waals surface area contributed by atoms with Gasteiger partial charge in [-0.05, 0) is 32.9 Å². The fourth-order valence-corrected chi connectivity index (χ4v) is 2.74. The molecule has 27 heavy (non-hydrogen) atoms. The molecule has 0 bridgehead atoms. The smallest absolute Gasteiger partial charge is 0.242 e. The van der Waals surface area contributed by atoms with Crippen LogP contribution < -0.4 is 16.0 Å². The summed E-state index contributed by atoms with van der Waals surface area (Å²) in [6, 6.07) is 10.1. The van der Waals surface area contributed by atoms with Crippen LogP contribution in [0.2, 0.25) is 0 Å². The number of hydrogen-bond donors (Lipinski definition) is 3. The van der Waals surface area contributed by atoms with Crippen molar-refractivity contribution < 1.29 is 9.59 Å². The number of aliphatic imine (C=N–C) groups is 1. The van der Waals surface area contributed by atoms with E-state index in [1.165, 1.54) is 9.80 Å². The van der Waals surface area contributed by atoms with Gasteiger partial charge in [-0.25, -0.2) is 4.99 Å². The zero-order chi connectivity index (χ0) is 20.3. The number of likely N-dealkylation sites (N-methyl/N-ethyl adjacent to an activating group) is 1. The number of carbonyl (C=O) groups excluding carboxylic acids is 2. The minimum absolute atomic E-state index is 0.00537. The summed E-state index contributed by atoms with van der Waals surface area (Å²) in [5.74, 6) is 1.05. The van der Waals surface area contributed by atoms with Crippen LogP contribution in [0, 0.1) is 0 Å². The fraction of sp³-hybridized carbons (Fsp3) is 0.526. The molecule has 1 aromatic rings. The molecule has 150 valence electrons. The maximum absolute atomic E-state index is 12.0. The lowest BCUT2D eigenvalue weighted by Crippen LogP contribution is -2.45. The lowest BCUT2D eigenvalue weighted by Gasteiger charge is -2.20. The highest BCUT2D eigenvalue weighted by molar-refractivity contribution is 7.99. The fourth-order valence-electron chi connectivity index (χ4n) is 1.96. The Morgan fingerprint density at radius 2 is 1.78 bits per heavy atom. The van der Waals surface area contributed by atoms with E-state index in [2.05, 4.69) is 33.1 Å². The maximum Gasteiger partial charge on any atom is 0.242 e. The van der Waals surface area contributed by atoms with Gasteiger partial charge < -0.3 is 20.9 Å². The lowest BCUT2D eigenvalue weighted by atomic mass is 10.1. The van der Waals surface area contributed by atoms with Gasteiger partial charge in [-0.15, -0.1) is 11.8 Å². The Labute approximate surface area is 166 Å². The van der Waals surface area contributed by atoms with Crippen LogP contribution in [0.15, 0.2) is 40.2 Å². The largest absolute Gasteiger partial charge is 0.356 e. The summed E-state index contributed by atoms with van der Waals surface area (Å²) in [7, 11) is 3.39. The van der Waals surface area contributed by atoms with Gasteiger partial charge in [0.2, 0.25) is 11.8 Å². The standard InChI is InChI=1S/C19H31N5O2S/c1-19(2,3)23-16(25)13-21-18(22-14-17(26)24(4)5)20-11-12-27-15-9-7-6-8-10-15/h6-10H,11-14H2,1-5H3,(H,23,25)(H2,20,21,22). The van der Waals surface area contributed by atoms with Gasteiger partial charge >= 0.3 is 0 Å². The Bertz CT molecular complexity index is 627. The molecule has 0 saturated carbocycles. The maximum atomic E-state index is 12.0. The molecule has 1 rings (SSSR count). The first-order chi connectivity index (χ1) is 12.7. The van der Waals surface area contributed by atoms with Crippen molar-refractivity contribution in [3.8, 4) is 0 Å². The summed E-state index contributed by atoms with van der Waals surface area (Å²) >= 11 is 1.72. The zero-order valence-electron chi connectivity index (χ0n) is 16.8. The highest BCUT2D eigenvalue weighted by atomic mass is 32.2. The van der Waals surface area contributed by atoms with Crippen molar-refractivity contribution in [1.29, 1.82) is 0 Å². The van der Waals surface area contributed by atoms with Gasteiger partial charge in [0, 0.05) is 36.8 Å². The molecular formula is C19H31N5O2S. The van der Waals surface area contributed by atoms with E-state index < -0.39 is 0 Å². The van der Waals surface area contributed by atoms with E-state index in [0.717, 1.165) is 5.75 Å². The van der Waals surface area contributed by atoms with Crippen molar-refractivity contribution in [2.24, 2.45) is 4.99 Å². The Morgan fingerprint density at radius 3 is 2.37 bits per heavy atom. The Morgan fingerprint density at radius 1 is 1.11 bits per heavy atom. The third-order valence-electron chi connectivity index (χ3n) is 3.21. The predicted molar refractivity (Wildman–Crippen MR) is 112 cm³/mol. The second-order valence-electron chi connectivity index (χ2n) is 7.19. The quantitative estimate of drug-likeness (QED) is 0.268. The molecule has 0 spiro atoms. The summed E-state index contributed by atoms with van der Waals surface area (Å²) in [6.45, 7) is 6.52. The highest BCUT2D eigenvalue weighted by Gasteiger charge is 2.13. The van der Waals surface area contributed by atoms with Crippen LogP contribution in [0.1, 0.15) is 20.8 Å². The van der Waals surface area contributed by atoms with E-state index in [4.69, 9.17) is 0 Å². The van der Waals surface area contributed by atoms with E-state index in [-0.39, 0.29) is 30.4 Å². The van der Waals surface area contributed by atoms with Crippen molar-refractivity contribution >= 4 is 29.5 Å². The molecule has 0 radical (unpaired) electrons. The number of hydrogen-bond acceptors (Lipinski definition) is 4. The first kappa shape index (κ1) is 22.8. The minimum Gasteiger partial charge on any atom is -0.356 e. The topological polar surface area (TPSA) is 85.8 Å². The number of nitrogens with one attached hydrogen (secondary N) is 3. The highest BCUT2D eigenvalue weighted by Crippen LogP contribution is 2.15. The van der Waals surface area contributed by atoms with E-state index in [9.17, 15) is 9.59 Å². The Balaban J connectivity index is 2.54. The molecule has 0 unspecified atom stereocenters. The van der Waals surface area contributed by atoms with Crippen molar-refractivity contribution in [3.63, 3.8) is 0 Å². The van der Waals surface area contributed by atoms with Crippen LogP contribution in [0.5, 0.6) is 0 Å². The molecule has 1 aromatic carbocycles. The third kappa shape index (κ3) is 11.2. The van der Waals surface area contributed by atoms with Crippen LogP contribution in [0.3, 0.4) is 0 Å². The number of rotatable bonds is 8. The molecule has 0 aliphatic heterocycles. The van der Waals surface area contributed by atoms with Gasteiger partial charge in [-0.1, -0.05) is 18.2 Å². The molecular weight excluding hydrogens is 362 g/mol. The number of thioether (sulfide) groups is 1. The summed E-state index contributed by atoms with van der Waals surface area (Å²) in [4.78, 5) is 30.7. The summed E-state index contributed by atoms with van der Waals surface area (Å²) < 4.78 is 0. The summed E-state index contributed by atoms with van der Waals surface area (Å²) in [5.41, 5.74) is -0.305. The van der Waals surface area contributed by atoms with E-state index in [1.54, 1.807) is 25.9 Å². The molecule has 0 saturated heterocycles. The normalized spacial score (nSPS) is 11.7. The van der Waals surface area contributed by atoms with E-state index >= 15 is 0 Å². The zero-order valence-corrected chi connectivity index (χ0v) is 17.7. The number of guanidine groups is 1. The first-order valence-electron chi connectivity index (χ1n) is 8.88. The number of amides is 2. The second-order valence-corrected chi connectivity index (χ2v) is 8.36. The Kier molecular flexibility index (Phi) is 9.71. The SMILES string of the molecule is CN(C)C(=O)CNC(=NCC(=O)NC(C)(C)C)NCCSc1ccccc1. The molecule has 2 amide bonds.